The molecule has 0 saturated heterocycles. The summed E-state index contributed by atoms with van der Waals surface area (Å²) in [7, 11) is 1.50. The Morgan fingerprint density at radius 1 is 1.53 bits per heavy atom. The summed E-state index contributed by atoms with van der Waals surface area (Å²) in [5.74, 6) is -0.733. The first-order valence-corrected chi connectivity index (χ1v) is 6.61. The van der Waals surface area contributed by atoms with Crippen LogP contribution in [0.1, 0.15) is 0 Å². The Bertz CT molecular complexity index is 486. The lowest BCUT2D eigenvalue weighted by Crippen LogP contribution is -2.39. The summed E-state index contributed by atoms with van der Waals surface area (Å²) in [5, 5.41) is 22.1. The summed E-state index contributed by atoms with van der Waals surface area (Å²) in [4.78, 5) is 20.9. The van der Waals surface area contributed by atoms with E-state index in [4.69, 9.17) is 9.84 Å². The number of nitro groups is 1. The summed E-state index contributed by atoms with van der Waals surface area (Å²) < 4.78 is 6.10. The zero-order chi connectivity index (χ0) is 14.6. The van der Waals surface area contributed by atoms with Crippen molar-refractivity contribution in [3.8, 4) is 5.75 Å². The number of hydrogen-bond acceptors (Lipinski definition) is 5. The van der Waals surface area contributed by atoms with Gasteiger partial charge in [-0.05, 0) is 38.9 Å². The van der Waals surface area contributed by atoms with Gasteiger partial charge in [0.1, 0.15) is 18.4 Å². The molecule has 1 rings (SSSR count). The van der Waals surface area contributed by atoms with Gasteiger partial charge in [0.15, 0.2) is 0 Å². The highest BCUT2D eigenvalue weighted by atomic mass is 79.9. The summed E-state index contributed by atoms with van der Waals surface area (Å²) >= 11 is 6.30. The van der Waals surface area contributed by atoms with E-state index in [1.165, 1.54) is 19.2 Å². The topological polar surface area (TPSA) is 102 Å². The highest BCUT2D eigenvalue weighted by Gasteiger charge is 2.19. The quantitative estimate of drug-likeness (QED) is 0.563. The molecule has 0 fully saturated rings. The Balaban J connectivity index is 2.90. The molecule has 1 unspecified atom stereocenters. The first-order chi connectivity index (χ1) is 8.86. The number of rotatable bonds is 6. The van der Waals surface area contributed by atoms with Crippen molar-refractivity contribution in [2.24, 2.45) is 0 Å². The molecule has 0 aliphatic heterocycles. The molecule has 0 aliphatic rings. The molecule has 0 aliphatic carbocycles. The number of carboxylic acid groups (broad SMARTS) is 1. The number of ether oxygens (including phenoxy) is 1. The molecule has 1 aromatic carbocycles. The van der Waals surface area contributed by atoms with Crippen LogP contribution in [0.4, 0.5) is 5.69 Å². The summed E-state index contributed by atoms with van der Waals surface area (Å²) in [5.41, 5.74) is -0.102. The van der Waals surface area contributed by atoms with Gasteiger partial charge in [-0.1, -0.05) is 0 Å². The van der Waals surface area contributed by atoms with Crippen molar-refractivity contribution in [1.82, 2.24) is 5.32 Å². The number of nitrogens with one attached hydrogen (secondary N) is 1. The van der Waals surface area contributed by atoms with Gasteiger partial charge in [0.2, 0.25) is 0 Å². The first kappa shape index (κ1) is 15.9. The molecule has 19 heavy (non-hydrogen) atoms. The van der Waals surface area contributed by atoms with Gasteiger partial charge in [-0.25, -0.2) is 0 Å². The standard InChI is InChI=1S/C10H10Br2N2O5/c1-13-8(10(15)16)4-19-9-6(11)2-5(14(17)18)3-7(9)12/h2-3,8,13H,4H2,1H3,(H,15,16). The molecule has 1 atom stereocenters. The third-order valence-electron chi connectivity index (χ3n) is 2.23. The van der Waals surface area contributed by atoms with Gasteiger partial charge in [0.05, 0.1) is 13.9 Å². The molecule has 0 spiro atoms. The minimum Gasteiger partial charge on any atom is -0.489 e. The monoisotopic (exact) mass is 396 g/mol. The second kappa shape index (κ2) is 6.83. The van der Waals surface area contributed by atoms with E-state index in [0.717, 1.165) is 0 Å². The Hall–Kier alpha value is -1.19. The van der Waals surface area contributed by atoms with Crippen molar-refractivity contribution in [3.63, 3.8) is 0 Å². The van der Waals surface area contributed by atoms with Crippen molar-refractivity contribution in [1.29, 1.82) is 0 Å². The predicted molar refractivity (Wildman–Crippen MR) is 74.5 cm³/mol. The normalized spacial score (nSPS) is 11.9. The SMILES string of the molecule is CNC(COc1c(Br)cc([N+](=O)[O-])cc1Br)C(=O)O. The lowest BCUT2D eigenvalue weighted by atomic mass is 10.3. The minimum absolute atomic E-state index is 0.102. The maximum absolute atomic E-state index is 10.8. The van der Waals surface area contributed by atoms with Crippen LogP contribution < -0.4 is 10.1 Å². The van der Waals surface area contributed by atoms with E-state index < -0.39 is 16.9 Å². The smallest absolute Gasteiger partial charge is 0.324 e. The maximum atomic E-state index is 10.8. The van der Waals surface area contributed by atoms with E-state index in [9.17, 15) is 14.9 Å². The number of nitro benzene ring substituents is 1. The molecule has 0 radical (unpaired) electrons. The Morgan fingerprint density at radius 2 is 2.05 bits per heavy atom. The number of nitrogens with zero attached hydrogens (tertiary/aromatic N) is 1. The number of carbonyl (C=O) groups is 1. The zero-order valence-electron chi connectivity index (χ0n) is 9.72. The molecule has 2 N–H and O–H groups in total. The molecule has 0 aromatic heterocycles. The fourth-order valence-electron chi connectivity index (χ4n) is 1.23. The van der Waals surface area contributed by atoms with E-state index in [0.29, 0.717) is 14.7 Å². The van der Waals surface area contributed by atoms with E-state index in [1.54, 1.807) is 0 Å². The average molecular weight is 398 g/mol. The number of halogens is 2. The van der Waals surface area contributed by atoms with Gasteiger partial charge in [-0.15, -0.1) is 0 Å². The minimum atomic E-state index is -1.04. The van der Waals surface area contributed by atoms with Gasteiger partial charge >= 0.3 is 5.97 Å². The van der Waals surface area contributed by atoms with Gasteiger partial charge in [0.25, 0.3) is 5.69 Å². The predicted octanol–water partition coefficient (Wildman–Crippen LogP) is 2.17. The van der Waals surface area contributed by atoms with E-state index >= 15 is 0 Å². The number of aliphatic carboxylic acids is 1. The van der Waals surface area contributed by atoms with Crippen LogP contribution in [-0.4, -0.2) is 35.7 Å². The van der Waals surface area contributed by atoms with Gasteiger partial charge in [-0.3, -0.25) is 14.9 Å². The third kappa shape index (κ3) is 4.15. The van der Waals surface area contributed by atoms with Crippen LogP contribution in [-0.2, 0) is 4.79 Å². The highest BCUT2D eigenvalue weighted by molar-refractivity contribution is 9.11. The number of non-ortho nitro benzene ring substituents is 1. The van der Waals surface area contributed by atoms with Crippen LogP contribution in [0.5, 0.6) is 5.75 Å². The molecule has 0 amide bonds. The summed E-state index contributed by atoms with van der Waals surface area (Å²) in [6, 6.07) is 1.71. The fraction of sp³-hybridized carbons (Fsp3) is 0.300. The largest absolute Gasteiger partial charge is 0.489 e. The molecule has 0 saturated carbocycles. The third-order valence-corrected chi connectivity index (χ3v) is 3.41. The van der Waals surface area contributed by atoms with Crippen LogP contribution in [0.3, 0.4) is 0 Å². The number of likely N-dealkylation sites (N-methyl/N-ethyl adjacent to an activating group) is 1. The summed E-state index contributed by atoms with van der Waals surface area (Å²) in [6.45, 7) is -0.110. The fourth-order valence-corrected chi connectivity index (χ4v) is 2.63. The number of benzene rings is 1. The first-order valence-electron chi connectivity index (χ1n) is 5.03. The van der Waals surface area contributed by atoms with Crippen LogP contribution in [0.15, 0.2) is 21.1 Å². The van der Waals surface area contributed by atoms with Crippen molar-refractivity contribution in [2.45, 2.75) is 6.04 Å². The van der Waals surface area contributed by atoms with Crippen LogP contribution in [0, 0.1) is 10.1 Å². The van der Waals surface area contributed by atoms with Crippen LogP contribution in [0.2, 0.25) is 0 Å². The number of hydrogen-bond donors (Lipinski definition) is 2. The second-order valence-electron chi connectivity index (χ2n) is 3.49. The lowest BCUT2D eigenvalue weighted by molar-refractivity contribution is -0.385. The molecular weight excluding hydrogens is 388 g/mol. The van der Waals surface area contributed by atoms with Crippen LogP contribution in [0.25, 0.3) is 0 Å². The molecule has 9 heteroatoms. The highest BCUT2D eigenvalue weighted by Crippen LogP contribution is 2.37. The van der Waals surface area contributed by atoms with Gasteiger partial charge < -0.3 is 15.2 Å². The van der Waals surface area contributed by atoms with E-state index in [-0.39, 0.29) is 12.3 Å². The molecule has 0 bridgehead atoms. The average Bonchev–Trinajstić information content (AvgIpc) is 2.31. The number of carboxylic acids is 1. The Labute approximate surface area is 125 Å². The molecule has 104 valence electrons. The maximum Gasteiger partial charge on any atom is 0.324 e. The molecule has 1 aromatic rings. The van der Waals surface area contributed by atoms with E-state index in [1.807, 2.05) is 0 Å². The Kier molecular flexibility index (Phi) is 5.70. The van der Waals surface area contributed by atoms with Gasteiger partial charge in [0, 0.05) is 12.1 Å². The van der Waals surface area contributed by atoms with Crippen molar-refractivity contribution >= 4 is 43.5 Å². The zero-order valence-corrected chi connectivity index (χ0v) is 12.9. The lowest BCUT2D eigenvalue weighted by Gasteiger charge is -2.14. The van der Waals surface area contributed by atoms with Crippen LogP contribution >= 0.6 is 31.9 Å². The van der Waals surface area contributed by atoms with Gasteiger partial charge in [-0.2, -0.15) is 0 Å². The Morgan fingerprint density at radius 3 is 2.42 bits per heavy atom. The molecule has 0 heterocycles. The van der Waals surface area contributed by atoms with Crippen molar-refractivity contribution < 1.29 is 19.6 Å². The molecule has 7 nitrogen and oxygen atoms in total. The van der Waals surface area contributed by atoms with Crippen molar-refractivity contribution in [2.75, 3.05) is 13.7 Å². The molecular formula is C10H10Br2N2O5. The van der Waals surface area contributed by atoms with E-state index in [2.05, 4.69) is 37.2 Å². The summed E-state index contributed by atoms with van der Waals surface area (Å²) in [6.07, 6.45) is 0. The van der Waals surface area contributed by atoms with Crippen molar-refractivity contribution in [3.05, 3.63) is 31.2 Å². The second-order valence-corrected chi connectivity index (χ2v) is 5.19.